The number of anilines is 2. The number of rotatable bonds is 7. The van der Waals surface area contributed by atoms with Gasteiger partial charge in [0.25, 0.3) is 0 Å². The summed E-state index contributed by atoms with van der Waals surface area (Å²) >= 11 is 5.91. The normalized spacial score (nSPS) is 17.6. The Morgan fingerprint density at radius 1 is 1.09 bits per heavy atom. The maximum absolute atomic E-state index is 13.1. The van der Waals surface area contributed by atoms with E-state index in [1.54, 1.807) is 56.9 Å². The number of nitrogens with one attached hydrogen (secondary N) is 2. The Morgan fingerprint density at radius 2 is 1.76 bits per heavy atom. The van der Waals surface area contributed by atoms with Gasteiger partial charge in [-0.15, -0.1) is 0 Å². The lowest BCUT2D eigenvalue weighted by molar-refractivity contribution is -0.119. The van der Waals surface area contributed by atoms with Crippen LogP contribution in [0, 0.1) is 0 Å². The van der Waals surface area contributed by atoms with Gasteiger partial charge < -0.3 is 29.5 Å². The molecule has 9 nitrogen and oxygen atoms in total. The molecule has 1 aliphatic heterocycles. The van der Waals surface area contributed by atoms with Gasteiger partial charge in [0.15, 0.2) is 0 Å². The molecule has 34 heavy (non-hydrogen) atoms. The van der Waals surface area contributed by atoms with Gasteiger partial charge in [-0.1, -0.05) is 28.9 Å². The highest BCUT2D eigenvalue weighted by Gasteiger charge is 2.40. The molecule has 3 amide bonds. The summed E-state index contributed by atoms with van der Waals surface area (Å²) in [6.07, 6.45) is 1.71. The Labute approximate surface area is 202 Å². The lowest BCUT2D eigenvalue weighted by Crippen LogP contribution is -2.45. The molecule has 1 aromatic heterocycles. The third-order valence-corrected chi connectivity index (χ3v) is 5.88. The van der Waals surface area contributed by atoms with Crippen LogP contribution in [-0.2, 0) is 20.9 Å². The average Bonchev–Trinajstić information content (AvgIpc) is 3.49. The summed E-state index contributed by atoms with van der Waals surface area (Å²) < 4.78 is 15.6. The molecule has 1 saturated heterocycles. The van der Waals surface area contributed by atoms with E-state index >= 15 is 0 Å². The number of nitrogens with zero attached hydrogens (tertiary/aromatic N) is 2. The van der Waals surface area contributed by atoms with Gasteiger partial charge in [0, 0.05) is 54.7 Å². The highest BCUT2D eigenvalue weighted by Crippen LogP contribution is 2.26. The van der Waals surface area contributed by atoms with Crippen LogP contribution in [0.5, 0.6) is 0 Å². The van der Waals surface area contributed by atoms with Crippen LogP contribution in [0.25, 0.3) is 11.3 Å². The zero-order valence-corrected chi connectivity index (χ0v) is 19.5. The minimum atomic E-state index is -0.680. The number of hydrogen-bond donors (Lipinski definition) is 2. The van der Waals surface area contributed by atoms with Crippen LogP contribution in [-0.4, -0.2) is 54.9 Å². The van der Waals surface area contributed by atoms with Gasteiger partial charge in [-0.2, -0.15) is 0 Å². The molecule has 0 radical (unpaired) electrons. The Kier molecular flexibility index (Phi) is 7.46. The Balaban J connectivity index is 1.44. The molecule has 0 spiro atoms. The number of ether oxygens (including phenoxy) is 2. The van der Waals surface area contributed by atoms with Crippen molar-refractivity contribution in [3.63, 3.8) is 0 Å². The van der Waals surface area contributed by atoms with Crippen molar-refractivity contribution in [3.8, 4) is 11.3 Å². The van der Waals surface area contributed by atoms with Crippen molar-refractivity contribution < 1.29 is 23.6 Å². The number of halogens is 1. The molecule has 2 aromatic carbocycles. The summed E-state index contributed by atoms with van der Waals surface area (Å²) in [6, 6.07) is 12.9. The fourth-order valence-corrected chi connectivity index (χ4v) is 3.99. The molecular formula is C24H25ClN4O5. The first-order chi connectivity index (χ1) is 16.5. The number of carbonyl (C=O) groups excluding carboxylic acids is 2. The quantitative estimate of drug-likeness (QED) is 0.515. The monoisotopic (exact) mass is 484 g/mol. The second-order valence-corrected chi connectivity index (χ2v) is 8.32. The van der Waals surface area contributed by atoms with E-state index in [1.165, 1.54) is 4.90 Å². The predicted octanol–water partition coefficient (Wildman–Crippen LogP) is 4.40. The first-order valence-electron chi connectivity index (χ1n) is 10.7. The van der Waals surface area contributed by atoms with E-state index in [2.05, 4.69) is 15.8 Å². The number of urea groups is 1. The van der Waals surface area contributed by atoms with Crippen LogP contribution in [0.2, 0.25) is 5.02 Å². The Bertz CT molecular complexity index is 1130. The summed E-state index contributed by atoms with van der Waals surface area (Å²) in [5.74, 6) is -0.292. The van der Waals surface area contributed by atoms with E-state index in [9.17, 15) is 9.59 Å². The third-order valence-electron chi connectivity index (χ3n) is 5.62. The second kappa shape index (κ2) is 10.7. The number of amides is 3. The molecule has 0 saturated carbocycles. The van der Waals surface area contributed by atoms with Crippen LogP contribution >= 0.6 is 11.6 Å². The molecule has 2 N–H and O–H groups in total. The molecule has 1 aliphatic rings. The third kappa shape index (κ3) is 5.39. The summed E-state index contributed by atoms with van der Waals surface area (Å²) in [6.45, 7) is 0.689. The number of benzene rings is 2. The van der Waals surface area contributed by atoms with Crippen molar-refractivity contribution in [3.05, 3.63) is 65.4 Å². The minimum Gasteiger partial charge on any atom is -0.380 e. The molecule has 4 rings (SSSR count). The molecule has 2 heterocycles. The summed E-state index contributed by atoms with van der Waals surface area (Å²) in [4.78, 5) is 27.5. The van der Waals surface area contributed by atoms with Gasteiger partial charge in [0.2, 0.25) is 5.91 Å². The van der Waals surface area contributed by atoms with Crippen molar-refractivity contribution >= 4 is 34.9 Å². The highest BCUT2D eigenvalue weighted by molar-refractivity contribution is 6.30. The van der Waals surface area contributed by atoms with Crippen LogP contribution in [0.15, 0.2) is 59.3 Å². The van der Waals surface area contributed by atoms with Crippen LogP contribution < -0.4 is 10.6 Å². The summed E-state index contributed by atoms with van der Waals surface area (Å²) in [7, 11) is 3.17. The number of carbonyl (C=O) groups is 2. The standard InChI is InChI=1S/C24H25ClN4O5/c1-32-13-16-14-34-28-22(16)15-3-7-18(8-4-15)26-23(30)21-11-20(33-2)12-29(21)24(31)27-19-9-5-17(25)6-10-19/h3-10,14,20-21H,11-13H2,1-2H3,(H,26,30)(H,27,31)/t20-,21-/m1/s1. The van der Waals surface area contributed by atoms with Gasteiger partial charge in [0.1, 0.15) is 18.0 Å². The first-order valence-corrected chi connectivity index (χ1v) is 11.1. The lowest BCUT2D eigenvalue weighted by atomic mass is 10.1. The number of methoxy groups -OCH3 is 2. The second-order valence-electron chi connectivity index (χ2n) is 7.89. The van der Waals surface area contributed by atoms with Crippen molar-refractivity contribution in [2.45, 2.75) is 25.2 Å². The van der Waals surface area contributed by atoms with Gasteiger partial charge in [-0.05, 0) is 36.4 Å². The van der Waals surface area contributed by atoms with Crippen LogP contribution in [0.3, 0.4) is 0 Å². The summed E-state index contributed by atoms with van der Waals surface area (Å²) in [5, 5.41) is 10.3. The van der Waals surface area contributed by atoms with Crippen LogP contribution in [0.4, 0.5) is 16.2 Å². The molecule has 0 bridgehead atoms. The molecular weight excluding hydrogens is 460 g/mol. The topological polar surface area (TPSA) is 106 Å². The first kappa shape index (κ1) is 23.7. The molecule has 0 aliphatic carbocycles. The maximum atomic E-state index is 13.1. The van der Waals surface area contributed by atoms with Gasteiger partial charge >= 0.3 is 6.03 Å². The number of aromatic nitrogens is 1. The Hall–Kier alpha value is -3.40. The Morgan fingerprint density at radius 3 is 2.44 bits per heavy atom. The van der Waals surface area contributed by atoms with Crippen molar-refractivity contribution in [2.24, 2.45) is 0 Å². The lowest BCUT2D eigenvalue weighted by Gasteiger charge is -2.24. The fourth-order valence-electron chi connectivity index (χ4n) is 3.86. The van der Waals surface area contributed by atoms with Gasteiger partial charge in [0.05, 0.1) is 12.7 Å². The molecule has 1 fully saturated rings. The maximum Gasteiger partial charge on any atom is 0.322 e. The minimum absolute atomic E-state index is 0.236. The predicted molar refractivity (Wildman–Crippen MR) is 128 cm³/mol. The van der Waals surface area contributed by atoms with E-state index in [4.69, 9.17) is 25.6 Å². The highest BCUT2D eigenvalue weighted by atomic mass is 35.5. The number of hydrogen-bond acceptors (Lipinski definition) is 6. The van der Waals surface area contributed by atoms with Gasteiger partial charge in [-0.25, -0.2) is 4.79 Å². The average molecular weight is 485 g/mol. The molecule has 3 aromatic rings. The molecule has 178 valence electrons. The zero-order valence-electron chi connectivity index (χ0n) is 18.8. The van der Waals surface area contributed by atoms with E-state index in [1.807, 2.05) is 12.1 Å². The van der Waals surface area contributed by atoms with Crippen molar-refractivity contribution in [1.82, 2.24) is 10.1 Å². The number of likely N-dealkylation sites (tertiary alicyclic amines) is 1. The van der Waals surface area contributed by atoms with E-state index in [0.29, 0.717) is 41.7 Å². The molecule has 2 atom stereocenters. The van der Waals surface area contributed by atoms with Crippen molar-refractivity contribution in [1.29, 1.82) is 0 Å². The van der Waals surface area contributed by atoms with E-state index < -0.39 is 6.04 Å². The fraction of sp³-hybridized carbons (Fsp3) is 0.292. The largest absolute Gasteiger partial charge is 0.380 e. The van der Waals surface area contributed by atoms with Crippen LogP contribution in [0.1, 0.15) is 12.0 Å². The molecule has 0 unspecified atom stereocenters. The SMILES string of the molecule is COCc1conc1-c1ccc(NC(=O)[C@H]2C[C@@H](OC)CN2C(=O)Nc2ccc(Cl)cc2)cc1. The smallest absolute Gasteiger partial charge is 0.322 e. The molecule has 10 heteroatoms. The summed E-state index contributed by atoms with van der Waals surface area (Å²) in [5.41, 5.74) is 3.54. The van der Waals surface area contributed by atoms with E-state index in [-0.39, 0.29) is 18.0 Å². The van der Waals surface area contributed by atoms with Gasteiger partial charge in [-0.3, -0.25) is 4.79 Å². The zero-order chi connectivity index (χ0) is 24.1. The van der Waals surface area contributed by atoms with Crippen molar-refractivity contribution in [2.75, 3.05) is 31.4 Å². The van der Waals surface area contributed by atoms with E-state index in [0.717, 1.165) is 11.1 Å².